The summed E-state index contributed by atoms with van der Waals surface area (Å²) in [7, 11) is 1.88. The van der Waals surface area contributed by atoms with Gasteiger partial charge in [0.25, 0.3) is 0 Å². The first-order chi connectivity index (χ1) is 6.33. The first kappa shape index (κ1) is 9.26. The lowest BCUT2D eigenvalue weighted by molar-refractivity contribution is 0.0134. The Morgan fingerprint density at radius 1 is 1.23 bits per heavy atom. The van der Waals surface area contributed by atoms with Crippen molar-refractivity contribution in [2.75, 3.05) is 7.11 Å². The van der Waals surface area contributed by atoms with Crippen molar-refractivity contribution >= 4 is 0 Å². The molecule has 0 saturated heterocycles. The smallest absolute Gasteiger partial charge is 0.0633 e. The molecule has 1 fully saturated rings. The Labute approximate surface area is 81.2 Å². The van der Waals surface area contributed by atoms with E-state index in [1.807, 2.05) is 7.11 Å². The van der Waals surface area contributed by atoms with Crippen LogP contribution in [0.25, 0.3) is 0 Å². The minimum absolute atomic E-state index is 0.542. The van der Waals surface area contributed by atoms with Crippen molar-refractivity contribution in [1.29, 1.82) is 0 Å². The van der Waals surface area contributed by atoms with Crippen LogP contribution in [0.1, 0.15) is 32.6 Å². The van der Waals surface area contributed by atoms with Gasteiger partial charge in [0.15, 0.2) is 0 Å². The highest BCUT2D eigenvalue weighted by Gasteiger charge is 2.38. The lowest BCUT2D eigenvalue weighted by Gasteiger charge is -2.32. The molecule has 1 heteroatoms. The molecule has 0 aromatic carbocycles. The second-order valence-electron chi connectivity index (χ2n) is 4.62. The highest BCUT2D eigenvalue weighted by Crippen LogP contribution is 2.42. The fraction of sp³-hybridized carbons (Fsp3) is 0.833. The van der Waals surface area contributed by atoms with Gasteiger partial charge in [-0.1, -0.05) is 19.1 Å². The van der Waals surface area contributed by atoms with E-state index in [1.165, 1.54) is 25.7 Å². The van der Waals surface area contributed by atoms with Gasteiger partial charge in [-0.3, -0.25) is 0 Å². The number of hydrogen-bond donors (Lipinski definition) is 0. The van der Waals surface area contributed by atoms with Crippen LogP contribution in [-0.2, 0) is 4.74 Å². The summed E-state index contributed by atoms with van der Waals surface area (Å²) in [5.74, 6) is 2.47. The number of ether oxygens (including phenoxy) is 1. The Balaban J connectivity index is 1.99. The molecular formula is C12H20O. The monoisotopic (exact) mass is 180 g/mol. The lowest BCUT2D eigenvalue weighted by atomic mass is 9.79. The predicted molar refractivity (Wildman–Crippen MR) is 54.5 cm³/mol. The van der Waals surface area contributed by atoms with Crippen molar-refractivity contribution in [3.05, 3.63) is 12.2 Å². The summed E-state index contributed by atoms with van der Waals surface area (Å²) in [5.41, 5.74) is 0. The maximum Gasteiger partial charge on any atom is 0.0633 e. The van der Waals surface area contributed by atoms with Crippen LogP contribution >= 0.6 is 0 Å². The van der Waals surface area contributed by atoms with E-state index >= 15 is 0 Å². The standard InChI is InChI=1S/C12H20O/c1-9-5-3-4-6-11(9)12(13-2)10-7-8-10/h3-4,9-12H,5-8H2,1-2H3. The first-order valence-corrected chi connectivity index (χ1v) is 5.50. The third kappa shape index (κ3) is 1.96. The molecule has 3 unspecified atom stereocenters. The summed E-state index contributed by atoms with van der Waals surface area (Å²) < 4.78 is 5.65. The van der Waals surface area contributed by atoms with Crippen molar-refractivity contribution in [2.24, 2.45) is 17.8 Å². The molecule has 3 atom stereocenters. The molecule has 2 rings (SSSR count). The summed E-state index contributed by atoms with van der Waals surface area (Å²) in [4.78, 5) is 0. The molecule has 74 valence electrons. The third-order valence-corrected chi connectivity index (χ3v) is 3.59. The second kappa shape index (κ2) is 3.83. The zero-order valence-corrected chi connectivity index (χ0v) is 8.70. The van der Waals surface area contributed by atoms with Gasteiger partial charge in [0.05, 0.1) is 6.10 Å². The molecule has 0 bridgehead atoms. The highest BCUT2D eigenvalue weighted by atomic mass is 16.5. The number of allylic oxidation sites excluding steroid dienone is 2. The van der Waals surface area contributed by atoms with Gasteiger partial charge in [0, 0.05) is 7.11 Å². The summed E-state index contributed by atoms with van der Waals surface area (Å²) >= 11 is 0. The van der Waals surface area contributed by atoms with Crippen molar-refractivity contribution in [3.63, 3.8) is 0 Å². The van der Waals surface area contributed by atoms with E-state index in [-0.39, 0.29) is 0 Å². The molecule has 0 heterocycles. The maximum atomic E-state index is 5.65. The summed E-state index contributed by atoms with van der Waals surface area (Å²) in [6, 6.07) is 0. The van der Waals surface area contributed by atoms with Gasteiger partial charge >= 0.3 is 0 Å². The zero-order valence-electron chi connectivity index (χ0n) is 8.70. The average Bonchev–Trinajstić information content (AvgIpc) is 2.93. The molecule has 0 aliphatic heterocycles. The topological polar surface area (TPSA) is 9.23 Å². The van der Waals surface area contributed by atoms with Gasteiger partial charge in [-0.2, -0.15) is 0 Å². The Morgan fingerprint density at radius 3 is 2.46 bits per heavy atom. The molecular weight excluding hydrogens is 160 g/mol. The molecule has 0 N–H and O–H groups in total. The van der Waals surface area contributed by atoms with Gasteiger partial charge in [-0.25, -0.2) is 0 Å². The van der Waals surface area contributed by atoms with Crippen LogP contribution in [0, 0.1) is 17.8 Å². The van der Waals surface area contributed by atoms with E-state index in [9.17, 15) is 0 Å². The maximum absolute atomic E-state index is 5.65. The van der Waals surface area contributed by atoms with Crippen LogP contribution in [0.5, 0.6) is 0 Å². The summed E-state index contributed by atoms with van der Waals surface area (Å²) in [5, 5.41) is 0. The number of rotatable bonds is 3. The molecule has 0 amide bonds. The van der Waals surface area contributed by atoms with Crippen molar-refractivity contribution < 1.29 is 4.74 Å². The van der Waals surface area contributed by atoms with Gasteiger partial charge in [-0.15, -0.1) is 0 Å². The Kier molecular flexibility index (Phi) is 2.73. The normalized spacial score (nSPS) is 36.2. The zero-order chi connectivity index (χ0) is 9.26. The SMILES string of the molecule is COC(C1CC1)C1CC=CCC1C. The molecule has 1 saturated carbocycles. The van der Waals surface area contributed by atoms with Crippen LogP contribution in [-0.4, -0.2) is 13.2 Å². The minimum atomic E-state index is 0.542. The van der Waals surface area contributed by atoms with Crippen molar-refractivity contribution in [1.82, 2.24) is 0 Å². The molecule has 1 nitrogen and oxygen atoms in total. The molecule has 0 aromatic heterocycles. The highest BCUT2D eigenvalue weighted by molar-refractivity contribution is 4.98. The fourth-order valence-electron chi connectivity index (χ4n) is 2.57. The van der Waals surface area contributed by atoms with Gasteiger partial charge in [0.2, 0.25) is 0 Å². The third-order valence-electron chi connectivity index (χ3n) is 3.59. The minimum Gasteiger partial charge on any atom is -0.381 e. The predicted octanol–water partition coefficient (Wildman–Crippen LogP) is 3.01. The van der Waals surface area contributed by atoms with Gasteiger partial charge in [-0.05, 0) is 43.4 Å². The molecule has 2 aliphatic rings. The molecule has 2 aliphatic carbocycles. The van der Waals surface area contributed by atoms with Crippen molar-refractivity contribution in [3.8, 4) is 0 Å². The van der Waals surface area contributed by atoms with E-state index < -0.39 is 0 Å². The van der Waals surface area contributed by atoms with E-state index in [2.05, 4.69) is 19.1 Å². The molecule has 0 spiro atoms. The average molecular weight is 180 g/mol. The lowest BCUT2D eigenvalue weighted by Crippen LogP contribution is -2.31. The molecule has 0 radical (unpaired) electrons. The van der Waals surface area contributed by atoms with Crippen LogP contribution in [0.2, 0.25) is 0 Å². The largest absolute Gasteiger partial charge is 0.381 e. The number of methoxy groups -OCH3 is 1. The van der Waals surface area contributed by atoms with Crippen LogP contribution in [0.4, 0.5) is 0 Å². The number of hydrogen-bond acceptors (Lipinski definition) is 1. The molecule has 0 aromatic rings. The Hall–Kier alpha value is -0.300. The second-order valence-corrected chi connectivity index (χ2v) is 4.62. The molecule has 13 heavy (non-hydrogen) atoms. The summed E-state index contributed by atoms with van der Waals surface area (Å²) in [6.45, 7) is 2.36. The van der Waals surface area contributed by atoms with E-state index in [0.29, 0.717) is 6.10 Å². The van der Waals surface area contributed by atoms with Gasteiger partial charge in [0.1, 0.15) is 0 Å². The Bertz CT molecular complexity index is 193. The quantitative estimate of drug-likeness (QED) is 0.607. The van der Waals surface area contributed by atoms with Crippen LogP contribution in [0.3, 0.4) is 0 Å². The first-order valence-electron chi connectivity index (χ1n) is 5.50. The summed E-state index contributed by atoms with van der Waals surface area (Å²) in [6.07, 6.45) is 10.5. The van der Waals surface area contributed by atoms with Crippen molar-refractivity contribution in [2.45, 2.75) is 38.7 Å². The van der Waals surface area contributed by atoms with E-state index in [4.69, 9.17) is 4.74 Å². The van der Waals surface area contributed by atoms with E-state index in [1.54, 1.807) is 0 Å². The Morgan fingerprint density at radius 2 is 1.92 bits per heavy atom. The van der Waals surface area contributed by atoms with E-state index in [0.717, 1.165) is 17.8 Å². The van der Waals surface area contributed by atoms with Crippen LogP contribution in [0.15, 0.2) is 12.2 Å². The van der Waals surface area contributed by atoms with Crippen LogP contribution < -0.4 is 0 Å². The van der Waals surface area contributed by atoms with Gasteiger partial charge < -0.3 is 4.74 Å². The fourth-order valence-corrected chi connectivity index (χ4v) is 2.57.